The van der Waals surface area contributed by atoms with E-state index in [-0.39, 0.29) is 13.3 Å². The number of hydrogen-bond donors (Lipinski definition) is 2. The van der Waals surface area contributed by atoms with Crippen molar-refractivity contribution in [3.05, 3.63) is 34.3 Å². The summed E-state index contributed by atoms with van der Waals surface area (Å²) in [4.78, 5) is 15.1. The second-order valence-corrected chi connectivity index (χ2v) is 10.3. The molecular weight excluding hydrogens is 406 g/mol. The van der Waals surface area contributed by atoms with E-state index < -0.39 is 0 Å². The van der Waals surface area contributed by atoms with Gasteiger partial charge in [-0.25, -0.2) is 0 Å². The number of nitrogens with one attached hydrogen (secondary N) is 2. The molecule has 0 saturated heterocycles. The fourth-order valence-electron chi connectivity index (χ4n) is 5.40. The average Bonchev–Trinajstić information content (AvgIpc) is 2.72. The van der Waals surface area contributed by atoms with Gasteiger partial charge in [-0.15, -0.1) is 0 Å². The normalized spacial score (nSPS) is 22.8. The Morgan fingerprint density at radius 3 is 2.58 bits per heavy atom. The van der Waals surface area contributed by atoms with Gasteiger partial charge < -0.3 is 15.5 Å². The summed E-state index contributed by atoms with van der Waals surface area (Å²) < 4.78 is 0. The van der Waals surface area contributed by atoms with E-state index in [1.807, 2.05) is 12.1 Å². The van der Waals surface area contributed by atoms with Gasteiger partial charge in [0.2, 0.25) is 0 Å². The number of benzene rings is 1. The molecule has 176 valence electrons. The number of fused-ring (bicyclic) bond motifs is 2. The molecule has 0 aromatic heterocycles. The molecule has 0 heterocycles. The summed E-state index contributed by atoms with van der Waals surface area (Å²) in [6.45, 7) is 3.97. The molecule has 3 rings (SSSR count). The van der Waals surface area contributed by atoms with Crippen LogP contribution in [-0.4, -0.2) is 51.1 Å². The molecule has 31 heavy (non-hydrogen) atoms. The Hall–Kier alpha value is -1.10. The second kappa shape index (κ2) is 12.8. The van der Waals surface area contributed by atoms with E-state index in [1.165, 1.54) is 56.9 Å². The van der Waals surface area contributed by atoms with Crippen LogP contribution in [0.25, 0.3) is 0 Å². The summed E-state index contributed by atoms with van der Waals surface area (Å²) >= 11 is 6.38. The van der Waals surface area contributed by atoms with Gasteiger partial charge in [0.15, 0.2) is 0 Å². The third-order valence-electron chi connectivity index (χ3n) is 7.04. The van der Waals surface area contributed by atoms with Gasteiger partial charge in [0.25, 0.3) is 5.91 Å². The molecule has 2 aliphatic carbocycles. The van der Waals surface area contributed by atoms with Gasteiger partial charge in [0, 0.05) is 6.54 Å². The highest BCUT2D eigenvalue weighted by atomic mass is 35.5. The minimum absolute atomic E-state index is 0. The van der Waals surface area contributed by atoms with Crippen molar-refractivity contribution in [3.8, 4) is 0 Å². The number of rotatable bonds is 11. The minimum atomic E-state index is -0.00858. The number of nitrogens with zero attached hydrogens (tertiary/aromatic N) is 1. The first-order valence-electron chi connectivity index (χ1n) is 11.9. The standard InChI is InChI=1S/C25H40ClN3O.CH4/c1-29(2)16-6-15-27-14-5-9-20-10-11-23(26)22(17-20)24(30)28-19-25-12-3-7-21(18-25)8-4-13-25;/h10-11,17,21,27H,3-9,12-16,18-19H2,1-2H3,(H,28,30);1H4. The predicted octanol–water partition coefficient (Wildman–Crippen LogP) is 5.54. The summed E-state index contributed by atoms with van der Waals surface area (Å²) in [6, 6.07) is 5.93. The maximum Gasteiger partial charge on any atom is 0.252 e. The minimum Gasteiger partial charge on any atom is -0.351 e. The monoisotopic (exact) mass is 449 g/mol. The second-order valence-electron chi connectivity index (χ2n) is 9.86. The van der Waals surface area contributed by atoms with Crippen molar-refractivity contribution in [3.63, 3.8) is 0 Å². The van der Waals surface area contributed by atoms with Crippen LogP contribution in [0.3, 0.4) is 0 Å². The Labute approximate surface area is 195 Å². The molecule has 1 amide bonds. The molecule has 0 aliphatic heterocycles. The largest absolute Gasteiger partial charge is 0.351 e. The molecule has 0 atom stereocenters. The highest BCUT2D eigenvalue weighted by Gasteiger charge is 2.39. The van der Waals surface area contributed by atoms with Crippen molar-refractivity contribution in [1.29, 1.82) is 0 Å². The molecule has 2 saturated carbocycles. The summed E-state index contributed by atoms with van der Waals surface area (Å²) in [6.07, 6.45) is 12.4. The van der Waals surface area contributed by atoms with E-state index in [0.29, 0.717) is 16.0 Å². The highest BCUT2D eigenvalue weighted by Crippen LogP contribution is 2.48. The summed E-state index contributed by atoms with van der Waals surface area (Å²) in [5.74, 6) is 0.874. The number of aryl methyl sites for hydroxylation is 1. The van der Waals surface area contributed by atoms with E-state index in [9.17, 15) is 4.79 Å². The van der Waals surface area contributed by atoms with Crippen molar-refractivity contribution in [2.75, 3.05) is 40.3 Å². The van der Waals surface area contributed by atoms with E-state index >= 15 is 0 Å². The molecule has 2 fully saturated rings. The molecule has 2 N–H and O–H groups in total. The van der Waals surface area contributed by atoms with E-state index in [4.69, 9.17) is 11.6 Å². The van der Waals surface area contributed by atoms with Gasteiger partial charge >= 0.3 is 0 Å². The van der Waals surface area contributed by atoms with Gasteiger partial charge in [-0.3, -0.25) is 4.79 Å². The summed E-state index contributed by atoms with van der Waals surface area (Å²) in [5, 5.41) is 7.30. The van der Waals surface area contributed by atoms with Crippen LogP contribution < -0.4 is 10.6 Å². The highest BCUT2D eigenvalue weighted by molar-refractivity contribution is 6.33. The number of hydrogen-bond acceptors (Lipinski definition) is 3. The van der Waals surface area contributed by atoms with Crippen molar-refractivity contribution in [1.82, 2.24) is 15.5 Å². The van der Waals surface area contributed by atoms with Gasteiger partial charge in [-0.05, 0) is 101 Å². The van der Waals surface area contributed by atoms with Gasteiger partial charge in [0.05, 0.1) is 10.6 Å². The summed E-state index contributed by atoms with van der Waals surface area (Å²) in [5.41, 5.74) is 2.15. The van der Waals surface area contributed by atoms with Crippen LogP contribution in [0.2, 0.25) is 5.02 Å². The SMILES string of the molecule is C.CN(C)CCCNCCCc1ccc(Cl)c(C(=O)NCC23CCCC(CCC2)C3)c1. The zero-order chi connectivity index (χ0) is 21.4. The smallest absolute Gasteiger partial charge is 0.252 e. The Bertz CT molecular complexity index is 681. The van der Waals surface area contributed by atoms with E-state index in [1.54, 1.807) is 0 Å². The van der Waals surface area contributed by atoms with Crippen LogP contribution in [0.5, 0.6) is 0 Å². The van der Waals surface area contributed by atoms with Gasteiger partial charge in [0.1, 0.15) is 0 Å². The Morgan fingerprint density at radius 2 is 1.87 bits per heavy atom. The van der Waals surface area contributed by atoms with Crippen LogP contribution in [0.15, 0.2) is 18.2 Å². The molecule has 1 aromatic carbocycles. The molecule has 5 heteroatoms. The van der Waals surface area contributed by atoms with Crippen molar-refractivity contribution in [2.45, 2.75) is 71.6 Å². The predicted molar refractivity (Wildman–Crippen MR) is 133 cm³/mol. The van der Waals surface area contributed by atoms with Crippen LogP contribution in [0, 0.1) is 11.3 Å². The lowest BCUT2D eigenvalue weighted by Crippen LogP contribution is -2.43. The number of halogens is 1. The average molecular weight is 450 g/mol. The number of carbonyl (C=O) groups is 1. The lowest BCUT2D eigenvalue weighted by atomic mass is 9.62. The summed E-state index contributed by atoms with van der Waals surface area (Å²) in [7, 11) is 4.21. The van der Waals surface area contributed by atoms with Crippen molar-refractivity contribution < 1.29 is 4.79 Å². The third-order valence-corrected chi connectivity index (χ3v) is 7.37. The van der Waals surface area contributed by atoms with Gasteiger partial charge in [-0.2, -0.15) is 0 Å². The molecule has 4 nitrogen and oxygen atoms in total. The van der Waals surface area contributed by atoms with E-state index in [2.05, 4.69) is 35.7 Å². The first-order chi connectivity index (χ1) is 14.5. The van der Waals surface area contributed by atoms with Crippen LogP contribution in [0.4, 0.5) is 0 Å². The fraction of sp³-hybridized carbons (Fsp3) is 0.731. The Balaban J connectivity index is 0.00000341. The van der Waals surface area contributed by atoms with E-state index in [0.717, 1.165) is 44.9 Å². The van der Waals surface area contributed by atoms with Gasteiger partial charge in [-0.1, -0.05) is 50.8 Å². The van der Waals surface area contributed by atoms with Crippen LogP contribution in [-0.2, 0) is 6.42 Å². The zero-order valence-corrected chi connectivity index (χ0v) is 19.7. The maximum atomic E-state index is 12.9. The Morgan fingerprint density at radius 1 is 1.16 bits per heavy atom. The molecule has 2 bridgehead atoms. The first kappa shape index (κ1) is 26.2. The topological polar surface area (TPSA) is 44.4 Å². The number of amides is 1. The first-order valence-corrected chi connectivity index (χ1v) is 12.3. The molecule has 2 aliphatic rings. The zero-order valence-electron chi connectivity index (χ0n) is 18.9. The third kappa shape index (κ3) is 8.07. The molecule has 0 unspecified atom stereocenters. The maximum absolute atomic E-state index is 12.9. The quantitative estimate of drug-likeness (QED) is 0.436. The number of carbonyl (C=O) groups excluding carboxylic acids is 1. The molecular formula is C26H44ClN3O. The van der Waals surface area contributed by atoms with Crippen molar-refractivity contribution in [2.24, 2.45) is 11.3 Å². The Kier molecular flexibility index (Phi) is 10.8. The van der Waals surface area contributed by atoms with Crippen molar-refractivity contribution >= 4 is 17.5 Å². The molecule has 1 aromatic rings. The lowest BCUT2D eigenvalue weighted by Gasteiger charge is -2.45. The molecule has 0 radical (unpaired) electrons. The van der Waals surface area contributed by atoms with Crippen LogP contribution >= 0.6 is 11.6 Å². The molecule has 0 spiro atoms. The van der Waals surface area contributed by atoms with Crippen LogP contribution in [0.1, 0.15) is 81.1 Å². The lowest BCUT2D eigenvalue weighted by molar-refractivity contribution is 0.0682. The fourth-order valence-corrected chi connectivity index (χ4v) is 5.60.